The second-order valence-electron chi connectivity index (χ2n) is 1.67. The normalized spacial score (nSPS) is 9.44. The van der Waals surface area contributed by atoms with Crippen LogP contribution in [0.1, 0.15) is 17.5 Å². The summed E-state index contributed by atoms with van der Waals surface area (Å²) >= 11 is 0. The van der Waals surface area contributed by atoms with Crippen molar-refractivity contribution in [2.45, 2.75) is 6.92 Å². The topological polar surface area (TPSA) is 69.1 Å². The van der Waals surface area contributed by atoms with E-state index in [1.807, 2.05) is 0 Å². The largest absolute Gasteiger partial charge is 0.381 e. The van der Waals surface area contributed by atoms with Gasteiger partial charge < -0.3 is 10.3 Å². The Kier molecular flexibility index (Phi) is 1.22. The van der Waals surface area contributed by atoms with E-state index in [2.05, 4.69) is 9.68 Å². The molecule has 4 nitrogen and oxygen atoms in total. The highest BCUT2D eigenvalue weighted by molar-refractivity contribution is 5.91. The molecule has 0 aliphatic rings. The van der Waals surface area contributed by atoms with Crippen molar-refractivity contribution in [3.05, 3.63) is 11.8 Å². The zero-order valence-electron chi connectivity index (χ0n) is 4.92. The zero-order chi connectivity index (χ0) is 6.85. The fourth-order valence-electron chi connectivity index (χ4n) is 0.455. The standard InChI is InChI=1S/C5H6N2O2/c1-3(8)4-2-5(6)7-9-4/h2H,1H3,(H2,6,7). The predicted octanol–water partition coefficient (Wildman–Crippen LogP) is 0.459. The molecule has 0 unspecified atom stereocenters. The zero-order valence-corrected chi connectivity index (χ0v) is 4.92. The van der Waals surface area contributed by atoms with Gasteiger partial charge in [0.25, 0.3) is 0 Å². The molecular weight excluding hydrogens is 120 g/mol. The lowest BCUT2D eigenvalue weighted by atomic mass is 10.3. The van der Waals surface area contributed by atoms with Crippen LogP contribution in [0.2, 0.25) is 0 Å². The van der Waals surface area contributed by atoms with Crippen molar-refractivity contribution in [3.8, 4) is 0 Å². The van der Waals surface area contributed by atoms with Gasteiger partial charge in [-0.15, -0.1) is 0 Å². The number of hydrogen-bond donors (Lipinski definition) is 1. The maximum Gasteiger partial charge on any atom is 0.204 e. The molecule has 0 radical (unpaired) electrons. The summed E-state index contributed by atoms with van der Waals surface area (Å²) < 4.78 is 4.50. The first kappa shape index (κ1) is 5.81. The van der Waals surface area contributed by atoms with Gasteiger partial charge in [0.1, 0.15) is 0 Å². The molecule has 0 aromatic carbocycles. The van der Waals surface area contributed by atoms with Crippen LogP contribution in [0.15, 0.2) is 10.6 Å². The van der Waals surface area contributed by atoms with Gasteiger partial charge in [0.05, 0.1) is 0 Å². The molecule has 4 heteroatoms. The number of hydrogen-bond acceptors (Lipinski definition) is 4. The van der Waals surface area contributed by atoms with Gasteiger partial charge in [0.15, 0.2) is 11.6 Å². The van der Waals surface area contributed by atoms with E-state index < -0.39 is 0 Å². The Hall–Kier alpha value is -1.32. The lowest BCUT2D eigenvalue weighted by Gasteiger charge is -1.77. The van der Waals surface area contributed by atoms with E-state index in [0.717, 1.165) is 0 Å². The molecule has 1 aromatic rings. The van der Waals surface area contributed by atoms with Crippen molar-refractivity contribution >= 4 is 11.6 Å². The number of carbonyl (C=O) groups excluding carboxylic acids is 1. The average molecular weight is 126 g/mol. The first-order chi connectivity index (χ1) is 4.20. The van der Waals surface area contributed by atoms with Crippen molar-refractivity contribution in [2.24, 2.45) is 0 Å². The summed E-state index contributed by atoms with van der Waals surface area (Å²) in [5, 5.41) is 3.32. The summed E-state index contributed by atoms with van der Waals surface area (Å²) in [4.78, 5) is 10.5. The SMILES string of the molecule is CC(=O)c1cc(N)no1. The van der Waals surface area contributed by atoms with Crippen LogP contribution in [0.5, 0.6) is 0 Å². The van der Waals surface area contributed by atoms with E-state index in [9.17, 15) is 4.79 Å². The monoisotopic (exact) mass is 126 g/mol. The Morgan fingerprint density at radius 1 is 1.89 bits per heavy atom. The Morgan fingerprint density at radius 3 is 2.78 bits per heavy atom. The molecule has 1 heterocycles. The molecule has 0 bridgehead atoms. The molecule has 1 aromatic heterocycles. The molecule has 0 fully saturated rings. The third-order valence-corrected chi connectivity index (χ3v) is 0.875. The van der Waals surface area contributed by atoms with Crippen molar-refractivity contribution in [1.29, 1.82) is 0 Å². The fraction of sp³-hybridized carbons (Fsp3) is 0.200. The van der Waals surface area contributed by atoms with E-state index in [1.54, 1.807) is 0 Å². The second-order valence-corrected chi connectivity index (χ2v) is 1.67. The lowest BCUT2D eigenvalue weighted by molar-refractivity contribution is 0.0978. The fourth-order valence-corrected chi connectivity index (χ4v) is 0.455. The van der Waals surface area contributed by atoms with Crippen LogP contribution >= 0.6 is 0 Å². The molecular formula is C5H6N2O2. The number of aromatic nitrogens is 1. The molecule has 0 amide bonds. The number of nitrogens with zero attached hydrogens (tertiary/aromatic N) is 1. The number of nitrogen functional groups attached to an aromatic ring is 1. The molecule has 1 rings (SSSR count). The van der Waals surface area contributed by atoms with Crippen LogP contribution in [-0.4, -0.2) is 10.9 Å². The van der Waals surface area contributed by atoms with E-state index in [1.165, 1.54) is 13.0 Å². The van der Waals surface area contributed by atoms with Crippen molar-refractivity contribution in [3.63, 3.8) is 0 Å². The van der Waals surface area contributed by atoms with Crippen molar-refractivity contribution in [1.82, 2.24) is 5.16 Å². The smallest absolute Gasteiger partial charge is 0.204 e. The maximum absolute atomic E-state index is 10.5. The summed E-state index contributed by atoms with van der Waals surface area (Å²) in [5.41, 5.74) is 5.16. The van der Waals surface area contributed by atoms with Crippen molar-refractivity contribution in [2.75, 3.05) is 5.73 Å². The highest BCUT2D eigenvalue weighted by atomic mass is 16.5. The molecule has 0 saturated heterocycles. The third kappa shape index (κ3) is 1.07. The van der Waals surface area contributed by atoms with Crippen LogP contribution in [0, 0.1) is 0 Å². The summed E-state index contributed by atoms with van der Waals surface area (Å²) in [6.45, 7) is 1.39. The molecule has 0 spiro atoms. The minimum Gasteiger partial charge on any atom is -0.381 e. The van der Waals surface area contributed by atoms with Crippen LogP contribution in [-0.2, 0) is 0 Å². The quantitative estimate of drug-likeness (QED) is 0.555. The molecule has 0 atom stereocenters. The van der Waals surface area contributed by atoms with Gasteiger partial charge in [-0.05, 0) is 0 Å². The number of carbonyl (C=O) groups is 1. The Balaban J connectivity index is 2.98. The number of nitrogens with two attached hydrogens (primary N) is 1. The number of anilines is 1. The summed E-state index contributed by atoms with van der Waals surface area (Å²) in [6, 6.07) is 1.39. The van der Waals surface area contributed by atoms with Crippen LogP contribution < -0.4 is 5.73 Å². The summed E-state index contributed by atoms with van der Waals surface area (Å²) in [5.74, 6) is 0.270. The highest BCUT2D eigenvalue weighted by Gasteiger charge is 2.04. The number of rotatable bonds is 1. The third-order valence-electron chi connectivity index (χ3n) is 0.875. The highest BCUT2D eigenvalue weighted by Crippen LogP contribution is 2.03. The Morgan fingerprint density at radius 2 is 2.56 bits per heavy atom. The minimum atomic E-state index is -0.167. The van der Waals surface area contributed by atoms with E-state index in [4.69, 9.17) is 5.73 Å². The Bertz CT molecular complexity index is 229. The minimum absolute atomic E-state index is 0.167. The second kappa shape index (κ2) is 1.89. The van der Waals surface area contributed by atoms with Gasteiger partial charge in [0, 0.05) is 13.0 Å². The van der Waals surface area contributed by atoms with Gasteiger partial charge in [-0.1, -0.05) is 5.16 Å². The van der Waals surface area contributed by atoms with Crippen LogP contribution in [0.3, 0.4) is 0 Å². The van der Waals surface area contributed by atoms with Crippen LogP contribution in [0.25, 0.3) is 0 Å². The van der Waals surface area contributed by atoms with Gasteiger partial charge in [-0.2, -0.15) is 0 Å². The van der Waals surface area contributed by atoms with Crippen LogP contribution in [0.4, 0.5) is 5.82 Å². The molecule has 0 aliphatic heterocycles. The lowest BCUT2D eigenvalue weighted by Crippen LogP contribution is -1.86. The van der Waals surface area contributed by atoms with Gasteiger partial charge in [-0.3, -0.25) is 4.79 Å². The summed E-state index contributed by atoms with van der Waals surface area (Å²) in [6.07, 6.45) is 0. The van der Waals surface area contributed by atoms with Gasteiger partial charge >= 0.3 is 0 Å². The first-order valence-electron chi connectivity index (χ1n) is 2.43. The van der Waals surface area contributed by atoms with E-state index in [0.29, 0.717) is 0 Å². The predicted molar refractivity (Wildman–Crippen MR) is 30.9 cm³/mol. The van der Waals surface area contributed by atoms with Crippen molar-refractivity contribution < 1.29 is 9.32 Å². The molecule has 2 N–H and O–H groups in total. The Labute approximate surface area is 51.6 Å². The molecule has 9 heavy (non-hydrogen) atoms. The molecule has 0 aliphatic carbocycles. The number of Topliss-reactive ketones (excluding diaryl/α,β-unsaturated/α-hetero) is 1. The molecule has 48 valence electrons. The van der Waals surface area contributed by atoms with Gasteiger partial charge in [0.2, 0.25) is 5.76 Å². The summed E-state index contributed by atoms with van der Waals surface area (Å²) in [7, 11) is 0. The molecule has 0 saturated carbocycles. The average Bonchev–Trinajstić information content (AvgIpc) is 2.14. The maximum atomic E-state index is 10.5. The van der Waals surface area contributed by atoms with Gasteiger partial charge in [-0.25, -0.2) is 0 Å². The van der Waals surface area contributed by atoms with E-state index >= 15 is 0 Å². The first-order valence-corrected chi connectivity index (χ1v) is 2.43. The number of ketones is 1. The van der Waals surface area contributed by atoms with E-state index in [-0.39, 0.29) is 17.4 Å².